The predicted octanol–water partition coefficient (Wildman–Crippen LogP) is 0.378. The minimum Gasteiger partial charge on any atom is -0.391 e. The largest absolute Gasteiger partial charge is 0.391 e. The van der Waals surface area contributed by atoms with Crippen LogP contribution in [0.25, 0.3) is 0 Å². The number of rotatable bonds is 4. The van der Waals surface area contributed by atoms with Crippen molar-refractivity contribution in [3.8, 4) is 0 Å². The van der Waals surface area contributed by atoms with Gasteiger partial charge in [-0.25, -0.2) is 0 Å². The Hall–Kier alpha value is -0.120. The summed E-state index contributed by atoms with van der Waals surface area (Å²) in [5, 5.41) is 8.67. The van der Waals surface area contributed by atoms with Crippen molar-refractivity contribution >= 4 is 0 Å². The van der Waals surface area contributed by atoms with Crippen molar-refractivity contribution < 1.29 is 14.6 Å². The van der Waals surface area contributed by atoms with Gasteiger partial charge in [0.05, 0.1) is 6.61 Å². The van der Waals surface area contributed by atoms with E-state index in [0.717, 1.165) is 0 Å². The fourth-order valence-electron chi connectivity index (χ4n) is 0.474. The molecule has 1 atom stereocenters. The average molecular weight is 134 g/mol. The van der Waals surface area contributed by atoms with Gasteiger partial charge in [0.15, 0.2) is 5.79 Å². The third-order valence-electron chi connectivity index (χ3n) is 1.17. The summed E-state index contributed by atoms with van der Waals surface area (Å²) in [5.41, 5.74) is 0. The second-order valence-electron chi connectivity index (χ2n) is 1.93. The van der Waals surface area contributed by atoms with Gasteiger partial charge in [-0.1, -0.05) is 0 Å². The van der Waals surface area contributed by atoms with E-state index in [9.17, 15) is 0 Å². The number of hydrogen-bond donors (Lipinski definition) is 1. The Labute approximate surface area is 55.6 Å². The van der Waals surface area contributed by atoms with E-state index in [1.807, 2.05) is 6.92 Å². The monoisotopic (exact) mass is 134 g/mol. The second-order valence-corrected chi connectivity index (χ2v) is 1.93. The fraction of sp³-hybridized carbons (Fsp3) is 1.00. The molecule has 0 spiro atoms. The minimum atomic E-state index is -0.811. The zero-order valence-electron chi connectivity index (χ0n) is 6.18. The number of aliphatic hydroxyl groups is 1. The summed E-state index contributed by atoms with van der Waals surface area (Å²) < 4.78 is 9.91. The van der Waals surface area contributed by atoms with Gasteiger partial charge in [0, 0.05) is 13.7 Å². The van der Waals surface area contributed by atoms with Crippen LogP contribution in [-0.2, 0) is 9.47 Å². The van der Waals surface area contributed by atoms with E-state index in [0.29, 0.717) is 6.61 Å². The SMILES string of the molecule is CCOC(C)(CO)OC. The van der Waals surface area contributed by atoms with E-state index in [2.05, 4.69) is 0 Å². The summed E-state index contributed by atoms with van der Waals surface area (Å²) in [4.78, 5) is 0. The zero-order valence-corrected chi connectivity index (χ0v) is 6.18. The van der Waals surface area contributed by atoms with Gasteiger partial charge in [-0.2, -0.15) is 0 Å². The first kappa shape index (κ1) is 8.88. The molecule has 0 heterocycles. The van der Waals surface area contributed by atoms with Crippen molar-refractivity contribution in [3.63, 3.8) is 0 Å². The van der Waals surface area contributed by atoms with Crippen LogP contribution in [0.15, 0.2) is 0 Å². The molecule has 0 rings (SSSR count). The number of methoxy groups -OCH3 is 1. The van der Waals surface area contributed by atoms with Gasteiger partial charge < -0.3 is 14.6 Å². The Balaban J connectivity index is 3.62. The van der Waals surface area contributed by atoms with E-state index in [-0.39, 0.29) is 6.61 Å². The molecule has 0 saturated heterocycles. The lowest BCUT2D eigenvalue weighted by Crippen LogP contribution is -2.35. The van der Waals surface area contributed by atoms with Gasteiger partial charge in [0.25, 0.3) is 0 Å². The van der Waals surface area contributed by atoms with Gasteiger partial charge in [0.2, 0.25) is 0 Å². The normalized spacial score (nSPS) is 17.3. The lowest BCUT2D eigenvalue weighted by atomic mass is 10.3. The maximum absolute atomic E-state index is 8.67. The van der Waals surface area contributed by atoms with Gasteiger partial charge in [-0.3, -0.25) is 0 Å². The van der Waals surface area contributed by atoms with Crippen LogP contribution in [-0.4, -0.2) is 31.2 Å². The minimum absolute atomic E-state index is 0.114. The first-order valence-corrected chi connectivity index (χ1v) is 2.98. The van der Waals surface area contributed by atoms with Gasteiger partial charge in [-0.15, -0.1) is 0 Å². The van der Waals surface area contributed by atoms with Crippen LogP contribution in [0.3, 0.4) is 0 Å². The summed E-state index contributed by atoms with van der Waals surface area (Å²) >= 11 is 0. The third-order valence-corrected chi connectivity index (χ3v) is 1.17. The van der Waals surface area contributed by atoms with Crippen molar-refractivity contribution in [1.29, 1.82) is 0 Å². The molecular formula is C6H14O3. The summed E-state index contributed by atoms with van der Waals surface area (Å²) in [6.07, 6.45) is 0. The lowest BCUT2D eigenvalue weighted by Gasteiger charge is -2.24. The smallest absolute Gasteiger partial charge is 0.188 e. The van der Waals surface area contributed by atoms with Crippen LogP contribution in [0, 0.1) is 0 Å². The molecule has 0 saturated carbocycles. The standard InChI is InChI=1S/C6H14O3/c1-4-9-6(2,5-7)8-3/h7H,4-5H2,1-3H3. The molecule has 1 unspecified atom stereocenters. The molecule has 0 aliphatic rings. The molecule has 3 nitrogen and oxygen atoms in total. The zero-order chi connectivity index (χ0) is 7.33. The maximum Gasteiger partial charge on any atom is 0.188 e. The first-order chi connectivity index (χ1) is 4.18. The highest BCUT2D eigenvalue weighted by atomic mass is 16.7. The molecule has 0 fully saturated rings. The van der Waals surface area contributed by atoms with Crippen molar-refractivity contribution in [1.82, 2.24) is 0 Å². The van der Waals surface area contributed by atoms with Crippen molar-refractivity contribution in [3.05, 3.63) is 0 Å². The summed E-state index contributed by atoms with van der Waals surface area (Å²) in [5.74, 6) is -0.811. The van der Waals surface area contributed by atoms with E-state index in [4.69, 9.17) is 14.6 Å². The van der Waals surface area contributed by atoms with Gasteiger partial charge in [-0.05, 0) is 13.8 Å². The Morgan fingerprint density at radius 2 is 2.11 bits per heavy atom. The first-order valence-electron chi connectivity index (χ1n) is 2.98. The van der Waals surface area contributed by atoms with Gasteiger partial charge >= 0.3 is 0 Å². The summed E-state index contributed by atoms with van der Waals surface area (Å²) in [7, 11) is 1.51. The Kier molecular flexibility index (Phi) is 3.77. The van der Waals surface area contributed by atoms with E-state index in [1.54, 1.807) is 6.92 Å². The van der Waals surface area contributed by atoms with Crippen molar-refractivity contribution in [2.24, 2.45) is 0 Å². The fourth-order valence-corrected chi connectivity index (χ4v) is 0.474. The highest BCUT2D eigenvalue weighted by Crippen LogP contribution is 2.08. The van der Waals surface area contributed by atoms with Crippen LogP contribution in [0.5, 0.6) is 0 Å². The highest BCUT2D eigenvalue weighted by molar-refractivity contribution is 4.57. The number of aliphatic hydroxyl groups excluding tert-OH is 1. The Morgan fingerprint density at radius 3 is 2.22 bits per heavy atom. The lowest BCUT2D eigenvalue weighted by molar-refractivity contribution is -0.226. The summed E-state index contributed by atoms with van der Waals surface area (Å²) in [6, 6.07) is 0. The van der Waals surface area contributed by atoms with Crippen LogP contribution in [0.2, 0.25) is 0 Å². The molecule has 0 aromatic heterocycles. The van der Waals surface area contributed by atoms with Crippen molar-refractivity contribution in [2.75, 3.05) is 20.3 Å². The molecule has 0 bridgehead atoms. The van der Waals surface area contributed by atoms with E-state index < -0.39 is 5.79 Å². The molecule has 0 aromatic rings. The Morgan fingerprint density at radius 1 is 1.56 bits per heavy atom. The molecule has 0 radical (unpaired) electrons. The van der Waals surface area contributed by atoms with E-state index in [1.165, 1.54) is 7.11 Å². The molecule has 0 aliphatic heterocycles. The predicted molar refractivity (Wildman–Crippen MR) is 34.1 cm³/mol. The topological polar surface area (TPSA) is 38.7 Å². The van der Waals surface area contributed by atoms with Crippen LogP contribution < -0.4 is 0 Å². The second kappa shape index (κ2) is 3.82. The molecular weight excluding hydrogens is 120 g/mol. The highest BCUT2D eigenvalue weighted by Gasteiger charge is 2.21. The van der Waals surface area contributed by atoms with Crippen LogP contribution in [0.1, 0.15) is 13.8 Å². The molecule has 3 heteroatoms. The molecule has 9 heavy (non-hydrogen) atoms. The third kappa shape index (κ3) is 2.79. The number of hydrogen-bond acceptors (Lipinski definition) is 3. The van der Waals surface area contributed by atoms with E-state index >= 15 is 0 Å². The molecule has 56 valence electrons. The molecule has 1 N–H and O–H groups in total. The number of ether oxygens (including phenoxy) is 2. The van der Waals surface area contributed by atoms with Crippen LogP contribution in [0.4, 0.5) is 0 Å². The summed E-state index contributed by atoms with van der Waals surface area (Å²) in [6.45, 7) is 3.98. The molecule has 0 aromatic carbocycles. The average Bonchev–Trinajstić information content (AvgIpc) is 1.89. The molecule has 0 amide bonds. The Bertz CT molecular complexity index is 68.7. The quantitative estimate of drug-likeness (QED) is 0.565. The van der Waals surface area contributed by atoms with Crippen LogP contribution >= 0.6 is 0 Å². The van der Waals surface area contributed by atoms with Gasteiger partial charge in [0.1, 0.15) is 0 Å². The maximum atomic E-state index is 8.67. The molecule has 0 aliphatic carbocycles. The van der Waals surface area contributed by atoms with Crippen molar-refractivity contribution in [2.45, 2.75) is 19.6 Å².